The van der Waals surface area contributed by atoms with Gasteiger partial charge in [0.15, 0.2) is 6.67 Å². The number of hydrogen-bond acceptors (Lipinski definition) is 3. The second-order valence-electron chi connectivity index (χ2n) is 2.08. The Kier molecular flexibility index (Phi) is 5.46. The van der Waals surface area contributed by atoms with Crippen molar-refractivity contribution in [2.75, 3.05) is 13.2 Å². The summed E-state index contributed by atoms with van der Waals surface area (Å²) in [6, 6.07) is 0. The summed E-state index contributed by atoms with van der Waals surface area (Å²) >= 11 is 0. The van der Waals surface area contributed by atoms with Gasteiger partial charge in [-0.3, -0.25) is 5.01 Å². The molecule has 0 aliphatic heterocycles. The summed E-state index contributed by atoms with van der Waals surface area (Å²) < 4.78 is 0. The smallest absolute Gasteiger partial charge is 0.163 e. The molecule has 0 aliphatic rings. The van der Waals surface area contributed by atoms with Gasteiger partial charge in [0.1, 0.15) is 0 Å². The maximum absolute atomic E-state index is 5.56. The second kappa shape index (κ2) is 5.91. The van der Waals surface area contributed by atoms with E-state index >= 15 is 0 Å². The number of allylic oxidation sites excluding steroid dienone is 3. The summed E-state index contributed by atoms with van der Waals surface area (Å²) in [5.74, 6) is 5.56. The van der Waals surface area contributed by atoms with Gasteiger partial charge in [0, 0.05) is 12.2 Å². The fraction of sp³-hybridized carbons (Fsp3) is 0.429. The molecular formula is C7H17N4+. The van der Waals surface area contributed by atoms with Crippen LogP contribution < -0.4 is 17.3 Å². The highest BCUT2D eigenvalue weighted by Crippen LogP contribution is 1.93. The number of nitrogens with zero attached hydrogens (tertiary/aromatic N) is 1. The van der Waals surface area contributed by atoms with Crippen LogP contribution in [0.2, 0.25) is 0 Å². The predicted octanol–water partition coefficient (Wildman–Crippen LogP) is -1.22. The lowest BCUT2D eigenvalue weighted by molar-refractivity contribution is -0.398. The molecule has 0 aromatic carbocycles. The lowest BCUT2D eigenvalue weighted by atomic mass is 10.3. The Morgan fingerprint density at radius 1 is 1.64 bits per heavy atom. The van der Waals surface area contributed by atoms with E-state index in [1.165, 1.54) is 5.01 Å². The molecule has 0 saturated carbocycles. The molecule has 4 heteroatoms. The number of hydrazine groups is 1. The minimum atomic E-state index is 0.441. The first-order valence-electron chi connectivity index (χ1n) is 3.59. The monoisotopic (exact) mass is 157 g/mol. The molecule has 64 valence electrons. The van der Waals surface area contributed by atoms with E-state index in [0.29, 0.717) is 13.2 Å². The molecule has 0 fully saturated rings. The molecular weight excluding hydrogens is 140 g/mol. The summed E-state index contributed by atoms with van der Waals surface area (Å²) in [4.78, 5) is 0. The molecule has 0 aromatic rings. The number of hydrogen-bond donors (Lipinski definition) is 3. The van der Waals surface area contributed by atoms with Crippen molar-refractivity contribution in [3.63, 3.8) is 0 Å². The van der Waals surface area contributed by atoms with Crippen LogP contribution in [-0.4, -0.2) is 18.2 Å². The van der Waals surface area contributed by atoms with Gasteiger partial charge in [-0.25, -0.2) is 5.84 Å². The maximum Gasteiger partial charge on any atom is 0.163 e. The molecule has 0 spiro atoms. The van der Waals surface area contributed by atoms with Gasteiger partial charge in [0.2, 0.25) is 0 Å². The van der Waals surface area contributed by atoms with Crippen LogP contribution in [0.3, 0.4) is 0 Å². The van der Waals surface area contributed by atoms with Crippen LogP contribution in [0.5, 0.6) is 0 Å². The maximum atomic E-state index is 5.56. The highest BCUT2D eigenvalue weighted by atomic mass is 15.4. The first-order valence-corrected chi connectivity index (χ1v) is 3.59. The summed E-state index contributed by atoms with van der Waals surface area (Å²) in [7, 11) is 0. The average molecular weight is 157 g/mol. The number of nitrogens with two attached hydrogens (primary N) is 2. The molecule has 0 heterocycles. The van der Waals surface area contributed by atoms with Crippen molar-refractivity contribution in [3.8, 4) is 0 Å². The van der Waals surface area contributed by atoms with E-state index in [1.807, 2.05) is 25.2 Å². The third kappa shape index (κ3) is 3.77. The van der Waals surface area contributed by atoms with Crippen LogP contribution in [0.4, 0.5) is 0 Å². The van der Waals surface area contributed by atoms with E-state index in [1.54, 1.807) is 0 Å². The zero-order chi connectivity index (χ0) is 8.69. The Labute approximate surface area is 67.3 Å². The molecule has 0 rings (SSSR count). The summed E-state index contributed by atoms with van der Waals surface area (Å²) in [6.45, 7) is 2.91. The first kappa shape index (κ1) is 10.2. The molecule has 4 nitrogen and oxygen atoms in total. The van der Waals surface area contributed by atoms with Gasteiger partial charge >= 0.3 is 0 Å². The van der Waals surface area contributed by atoms with Crippen LogP contribution in [0.15, 0.2) is 23.9 Å². The largest absolute Gasteiger partial charge is 0.339 e. The lowest BCUT2D eigenvalue weighted by Crippen LogP contribution is -2.60. The van der Waals surface area contributed by atoms with Crippen LogP contribution in [0.25, 0.3) is 0 Å². The highest BCUT2D eigenvalue weighted by molar-refractivity contribution is 5.11. The van der Waals surface area contributed by atoms with E-state index in [4.69, 9.17) is 11.6 Å². The van der Waals surface area contributed by atoms with Crippen molar-refractivity contribution < 1.29 is 5.73 Å². The van der Waals surface area contributed by atoms with E-state index in [2.05, 4.69) is 5.73 Å². The minimum Gasteiger partial charge on any atom is -0.339 e. The Morgan fingerprint density at radius 2 is 2.27 bits per heavy atom. The van der Waals surface area contributed by atoms with Gasteiger partial charge in [0.05, 0.1) is 0 Å². The summed E-state index contributed by atoms with van der Waals surface area (Å²) in [5.41, 5.74) is 9.97. The minimum absolute atomic E-state index is 0.441. The molecule has 0 unspecified atom stereocenters. The van der Waals surface area contributed by atoms with E-state index in [0.717, 1.165) is 5.70 Å². The van der Waals surface area contributed by atoms with Crippen LogP contribution in [-0.2, 0) is 0 Å². The Bertz CT molecular complexity index is 151. The van der Waals surface area contributed by atoms with Gasteiger partial charge < -0.3 is 11.5 Å². The fourth-order valence-electron chi connectivity index (χ4n) is 0.632. The van der Waals surface area contributed by atoms with E-state index in [-0.39, 0.29) is 0 Å². The van der Waals surface area contributed by atoms with Gasteiger partial charge in [-0.2, -0.15) is 0 Å². The second-order valence-corrected chi connectivity index (χ2v) is 2.08. The van der Waals surface area contributed by atoms with Crippen LogP contribution >= 0.6 is 0 Å². The SMILES string of the molecule is CC=CC=C(CN)N(N)C[NH3+]. The molecule has 0 saturated heterocycles. The van der Waals surface area contributed by atoms with Crippen LogP contribution in [0.1, 0.15) is 6.92 Å². The molecule has 7 N–H and O–H groups in total. The van der Waals surface area contributed by atoms with Gasteiger partial charge in [-0.05, 0) is 13.0 Å². The molecule has 0 bridgehead atoms. The van der Waals surface area contributed by atoms with Crippen molar-refractivity contribution in [2.45, 2.75) is 6.92 Å². The van der Waals surface area contributed by atoms with Crippen molar-refractivity contribution in [2.24, 2.45) is 11.6 Å². The third-order valence-electron chi connectivity index (χ3n) is 1.30. The zero-order valence-electron chi connectivity index (χ0n) is 6.96. The molecule has 0 atom stereocenters. The van der Waals surface area contributed by atoms with Gasteiger partial charge in [0.25, 0.3) is 0 Å². The molecule has 0 aromatic heterocycles. The first-order chi connectivity index (χ1) is 5.26. The Balaban J connectivity index is 4.13. The van der Waals surface area contributed by atoms with Crippen molar-refractivity contribution in [1.82, 2.24) is 5.01 Å². The molecule has 11 heavy (non-hydrogen) atoms. The fourth-order valence-corrected chi connectivity index (χ4v) is 0.632. The zero-order valence-corrected chi connectivity index (χ0v) is 6.96. The number of rotatable bonds is 4. The van der Waals surface area contributed by atoms with Gasteiger partial charge in [-0.1, -0.05) is 12.2 Å². The third-order valence-corrected chi connectivity index (χ3v) is 1.30. The van der Waals surface area contributed by atoms with E-state index < -0.39 is 0 Å². The van der Waals surface area contributed by atoms with Crippen molar-refractivity contribution >= 4 is 0 Å². The van der Waals surface area contributed by atoms with Crippen molar-refractivity contribution in [1.29, 1.82) is 0 Å². The topological polar surface area (TPSA) is 82.9 Å². The van der Waals surface area contributed by atoms with Crippen molar-refractivity contribution in [3.05, 3.63) is 23.9 Å². The normalized spacial score (nSPS) is 12.5. The Hall–Kier alpha value is -0.840. The Morgan fingerprint density at radius 3 is 2.64 bits per heavy atom. The number of quaternary nitrogens is 1. The van der Waals surface area contributed by atoms with Gasteiger partial charge in [-0.15, -0.1) is 0 Å². The van der Waals surface area contributed by atoms with E-state index in [9.17, 15) is 0 Å². The average Bonchev–Trinajstić information content (AvgIpc) is 2.05. The molecule has 0 aliphatic carbocycles. The predicted molar refractivity (Wildman–Crippen MR) is 45.7 cm³/mol. The summed E-state index contributed by atoms with van der Waals surface area (Å²) in [6.07, 6.45) is 5.70. The summed E-state index contributed by atoms with van der Waals surface area (Å²) in [5, 5.41) is 1.53. The quantitative estimate of drug-likeness (QED) is 0.207. The standard InChI is InChI=1S/C7H16N4/c1-2-3-4-7(5-8)11(10)6-9/h2-4H,5-6,8-10H2,1H3/p+1. The lowest BCUT2D eigenvalue weighted by Gasteiger charge is -2.15. The molecule has 0 amide bonds. The molecule has 0 radical (unpaired) electrons. The highest BCUT2D eigenvalue weighted by Gasteiger charge is 1.99. The van der Waals surface area contributed by atoms with Crippen LogP contribution in [0, 0.1) is 0 Å².